The molecular weight excluding hydrogens is 178 g/mol. The van der Waals surface area contributed by atoms with Gasteiger partial charge in [0.15, 0.2) is 0 Å². The van der Waals surface area contributed by atoms with E-state index in [4.69, 9.17) is 5.11 Å². The molecule has 14 heavy (non-hydrogen) atoms. The second kappa shape index (κ2) is 7.56. The summed E-state index contributed by atoms with van der Waals surface area (Å²) in [5.41, 5.74) is 0.176. The van der Waals surface area contributed by atoms with Crippen molar-refractivity contribution < 1.29 is 9.90 Å². The Morgan fingerprint density at radius 2 is 1.79 bits per heavy atom. The number of likely N-dealkylation sites (tertiary alicyclic amines) is 1. The fourth-order valence-corrected chi connectivity index (χ4v) is 1.28. The van der Waals surface area contributed by atoms with Gasteiger partial charge in [-0.25, -0.2) is 4.79 Å². The molecular formula is C11H21NO2. The summed E-state index contributed by atoms with van der Waals surface area (Å²) in [6, 6.07) is 0. The summed E-state index contributed by atoms with van der Waals surface area (Å²) in [6.07, 6.45) is 4.30. The fourth-order valence-electron chi connectivity index (χ4n) is 1.28. The minimum atomic E-state index is -0.935. The van der Waals surface area contributed by atoms with Gasteiger partial charge in [0.05, 0.1) is 0 Å². The molecule has 0 amide bonds. The van der Waals surface area contributed by atoms with Crippen molar-refractivity contribution in [2.75, 3.05) is 19.6 Å². The van der Waals surface area contributed by atoms with Crippen LogP contribution in [-0.4, -0.2) is 35.6 Å². The van der Waals surface area contributed by atoms with Crippen molar-refractivity contribution >= 4 is 5.97 Å². The number of hydrogen-bond donors (Lipinski definition) is 1. The largest absolute Gasteiger partial charge is 0.478 e. The monoisotopic (exact) mass is 199 g/mol. The molecule has 1 saturated heterocycles. The molecule has 0 aromatic rings. The van der Waals surface area contributed by atoms with Gasteiger partial charge in [0.2, 0.25) is 0 Å². The zero-order valence-corrected chi connectivity index (χ0v) is 9.25. The molecule has 0 aromatic heterocycles. The summed E-state index contributed by atoms with van der Waals surface area (Å²) in [5, 5.41) is 7.89. The van der Waals surface area contributed by atoms with Crippen molar-refractivity contribution in [3.63, 3.8) is 0 Å². The first-order valence-electron chi connectivity index (χ1n) is 5.19. The van der Waals surface area contributed by atoms with Crippen LogP contribution in [-0.2, 0) is 4.79 Å². The second-order valence-corrected chi connectivity index (χ2v) is 3.58. The maximum atomic E-state index is 9.60. The number of carboxylic acids is 1. The maximum absolute atomic E-state index is 9.60. The highest BCUT2D eigenvalue weighted by Gasteiger charge is 2.05. The molecule has 0 radical (unpaired) electrons. The van der Waals surface area contributed by atoms with Gasteiger partial charge >= 0.3 is 5.97 Å². The van der Waals surface area contributed by atoms with Crippen LogP contribution in [0.25, 0.3) is 0 Å². The third-order valence-corrected chi connectivity index (χ3v) is 2.26. The van der Waals surface area contributed by atoms with Gasteiger partial charge in [0.1, 0.15) is 0 Å². The molecule has 0 bridgehead atoms. The highest BCUT2D eigenvalue weighted by atomic mass is 16.4. The van der Waals surface area contributed by atoms with Gasteiger partial charge in [-0.3, -0.25) is 0 Å². The van der Waals surface area contributed by atoms with E-state index in [1.54, 1.807) is 0 Å². The van der Waals surface area contributed by atoms with Crippen LogP contribution in [0.5, 0.6) is 0 Å². The summed E-state index contributed by atoms with van der Waals surface area (Å²) >= 11 is 0. The molecule has 0 atom stereocenters. The van der Waals surface area contributed by atoms with Crippen molar-refractivity contribution in [3.05, 3.63) is 12.2 Å². The number of piperidine rings is 1. The molecule has 0 aliphatic carbocycles. The Morgan fingerprint density at radius 1 is 1.36 bits per heavy atom. The van der Waals surface area contributed by atoms with Crippen LogP contribution in [0.1, 0.15) is 33.1 Å². The number of rotatable bonds is 2. The number of carbonyl (C=O) groups is 1. The molecule has 3 heteroatoms. The van der Waals surface area contributed by atoms with Gasteiger partial charge in [0.25, 0.3) is 0 Å². The van der Waals surface area contributed by atoms with Gasteiger partial charge in [-0.1, -0.05) is 19.9 Å². The molecule has 0 aromatic carbocycles. The summed E-state index contributed by atoms with van der Waals surface area (Å²) in [6.45, 7) is 10.8. The van der Waals surface area contributed by atoms with E-state index < -0.39 is 5.97 Å². The van der Waals surface area contributed by atoms with Crippen LogP contribution in [0.4, 0.5) is 0 Å². The van der Waals surface area contributed by atoms with Crippen molar-refractivity contribution in [3.8, 4) is 0 Å². The van der Waals surface area contributed by atoms with Crippen LogP contribution in [0.3, 0.4) is 0 Å². The van der Waals surface area contributed by atoms with Crippen LogP contribution in [0.15, 0.2) is 12.2 Å². The van der Waals surface area contributed by atoms with E-state index in [9.17, 15) is 4.79 Å². The summed E-state index contributed by atoms with van der Waals surface area (Å²) in [5.74, 6) is -0.935. The van der Waals surface area contributed by atoms with E-state index in [0.717, 1.165) is 0 Å². The minimum absolute atomic E-state index is 0.176. The molecule has 82 valence electrons. The predicted octanol–water partition coefficient (Wildman–Crippen LogP) is 2.14. The van der Waals surface area contributed by atoms with Gasteiger partial charge in [-0.2, -0.15) is 0 Å². The van der Waals surface area contributed by atoms with Gasteiger partial charge < -0.3 is 10.0 Å². The van der Waals surface area contributed by atoms with Gasteiger partial charge in [0, 0.05) is 5.57 Å². The first kappa shape index (κ1) is 13.2. The van der Waals surface area contributed by atoms with E-state index in [1.165, 1.54) is 45.8 Å². The Balaban J connectivity index is 0.000000255. The molecule has 3 nitrogen and oxygen atoms in total. The molecule has 1 aliphatic heterocycles. The van der Waals surface area contributed by atoms with Crippen LogP contribution in [0, 0.1) is 0 Å². The molecule has 0 unspecified atom stereocenters. The SMILES string of the molecule is C=C(C)C(=O)O.CCN1CCCCC1. The van der Waals surface area contributed by atoms with E-state index in [1.807, 2.05) is 0 Å². The summed E-state index contributed by atoms with van der Waals surface area (Å²) in [4.78, 5) is 12.1. The lowest BCUT2D eigenvalue weighted by Crippen LogP contribution is -2.29. The van der Waals surface area contributed by atoms with Crippen molar-refractivity contribution in [1.82, 2.24) is 4.90 Å². The van der Waals surface area contributed by atoms with Gasteiger partial charge in [-0.15, -0.1) is 0 Å². The molecule has 1 fully saturated rings. The van der Waals surface area contributed by atoms with Gasteiger partial charge in [-0.05, 0) is 39.4 Å². The lowest BCUT2D eigenvalue weighted by molar-refractivity contribution is -0.132. The number of nitrogens with zero attached hydrogens (tertiary/aromatic N) is 1. The van der Waals surface area contributed by atoms with Crippen LogP contribution in [0.2, 0.25) is 0 Å². The van der Waals surface area contributed by atoms with Crippen molar-refractivity contribution in [2.45, 2.75) is 33.1 Å². The molecule has 1 heterocycles. The fraction of sp³-hybridized carbons (Fsp3) is 0.727. The molecule has 1 N–H and O–H groups in total. The molecule has 1 aliphatic rings. The normalized spacial score (nSPS) is 16.7. The number of aliphatic carboxylic acids is 1. The van der Waals surface area contributed by atoms with E-state index in [-0.39, 0.29) is 5.57 Å². The lowest BCUT2D eigenvalue weighted by atomic mass is 10.1. The smallest absolute Gasteiger partial charge is 0.330 e. The Hall–Kier alpha value is -0.830. The second-order valence-electron chi connectivity index (χ2n) is 3.58. The average Bonchev–Trinajstić information content (AvgIpc) is 2.20. The Labute approximate surface area is 86.4 Å². The predicted molar refractivity (Wildman–Crippen MR) is 58.4 cm³/mol. The summed E-state index contributed by atoms with van der Waals surface area (Å²) < 4.78 is 0. The highest BCUT2D eigenvalue weighted by Crippen LogP contribution is 2.06. The molecule has 1 rings (SSSR count). The Morgan fingerprint density at radius 3 is 2.00 bits per heavy atom. The standard InChI is InChI=1S/C7H15N.C4H6O2/c1-2-8-6-4-3-5-7-8;1-3(2)4(5)6/h2-7H2,1H3;1H2,2H3,(H,5,6). The Bertz CT molecular complexity index is 172. The van der Waals surface area contributed by atoms with Crippen LogP contribution < -0.4 is 0 Å². The number of hydrogen-bond acceptors (Lipinski definition) is 2. The summed E-state index contributed by atoms with van der Waals surface area (Å²) in [7, 11) is 0. The minimum Gasteiger partial charge on any atom is -0.478 e. The van der Waals surface area contributed by atoms with Crippen molar-refractivity contribution in [2.24, 2.45) is 0 Å². The molecule has 0 spiro atoms. The molecule has 0 saturated carbocycles. The van der Waals surface area contributed by atoms with E-state index >= 15 is 0 Å². The average molecular weight is 199 g/mol. The maximum Gasteiger partial charge on any atom is 0.330 e. The quantitative estimate of drug-likeness (QED) is 0.693. The highest BCUT2D eigenvalue weighted by molar-refractivity contribution is 5.84. The Kier molecular flexibility index (Phi) is 7.11. The van der Waals surface area contributed by atoms with E-state index in [2.05, 4.69) is 18.4 Å². The zero-order chi connectivity index (χ0) is 11.0. The topological polar surface area (TPSA) is 40.5 Å². The lowest BCUT2D eigenvalue weighted by Gasteiger charge is -2.24. The third-order valence-electron chi connectivity index (χ3n) is 2.26. The first-order chi connectivity index (χ1) is 6.57. The van der Waals surface area contributed by atoms with Crippen molar-refractivity contribution in [1.29, 1.82) is 0 Å². The first-order valence-corrected chi connectivity index (χ1v) is 5.19. The van der Waals surface area contributed by atoms with E-state index in [0.29, 0.717) is 0 Å². The zero-order valence-electron chi connectivity index (χ0n) is 9.25. The number of carboxylic acid groups (broad SMARTS) is 1. The van der Waals surface area contributed by atoms with Crippen LogP contribution >= 0.6 is 0 Å². The third kappa shape index (κ3) is 6.66.